The molecule has 0 aromatic carbocycles. The number of rotatable bonds is 1. The lowest BCUT2D eigenvalue weighted by molar-refractivity contribution is -0.125. The maximum absolute atomic E-state index is 11.4. The largest absolute Gasteiger partial charge is 0.294 e. The molecule has 7 heteroatoms. The van der Waals surface area contributed by atoms with Crippen molar-refractivity contribution in [3.8, 4) is 0 Å². The zero-order valence-electron chi connectivity index (χ0n) is 7.38. The van der Waals surface area contributed by atoms with Crippen molar-refractivity contribution in [1.82, 2.24) is 5.32 Å². The minimum Gasteiger partial charge on any atom is -0.294 e. The molecule has 1 aliphatic carbocycles. The molecule has 0 saturated carbocycles. The molecule has 0 spiro atoms. The fourth-order valence-electron chi connectivity index (χ4n) is 1.77. The van der Waals surface area contributed by atoms with Crippen LogP contribution in [0.2, 0.25) is 0 Å². The van der Waals surface area contributed by atoms with Crippen LogP contribution in [0.5, 0.6) is 0 Å². The molecule has 1 heterocycles. The van der Waals surface area contributed by atoms with Gasteiger partial charge in [0.15, 0.2) is 0 Å². The second-order valence-electron chi connectivity index (χ2n) is 3.31. The third-order valence-electron chi connectivity index (χ3n) is 2.52. The summed E-state index contributed by atoms with van der Waals surface area (Å²) in [6, 6.07) is 0. The van der Waals surface area contributed by atoms with E-state index in [9.17, 15) is 18.0 Å². The minimum absolute atomic E-state index is 0.724. The van der Waals surface area contributed by atoms with Crippen LogP contribution < -0.4 is 5.32 Å². The van der Waals surface area contributed by atoms with Crippen molar-refractivity contribution in [2.45, 2.75) is 4.75 Å². The Morgan fingerprint density at radius 1 is 1.33 bits per heavy atom. The molecule has 2 rings (SSSR count). The van der Waals surface area contributed by atoms with Crippen LogP contribution in [0, 0.1) is 5.92 Å². The predicted octanol–water partition coefficient (Wildman–Crippen LogP) is -0.988. The zero-order chi connectivity index (χ0) is 11.3. The van der Waals surface area contributed by atoms with Crippen molar-refractivity contribution in [2.75, 3.05) is 0 Å². The van der Waals surface area contributed by atoms with E-state index >= 15 is 0 Å². The molecule has 2 atom stereocenters. The first-order valence-electron chi connectivity index (χ1n) is 4.08. The number of carbonyl (C=O) groups excluding carboxylic acids is 2. The molecule has 0 aromatic heterocycles. The smallest absolute Gasteiger partial charge is 0.284 e. The normalized spacial score (nSPS) is 34.1. The average Bonchev–Trinajstić information content (AvgIpc) is 2.40. The van der Waals surface area contributed by atoms with Gasteiger partial charge in [0.05, 0.1) is 5.92 Å². The van der Waals surface area contributed by atoms with E-state index in [2.05, 4.69) is 0 Å². The molecule has 0 aromatic rings. The van der Waals surface area contributed by atoms with E-state index in [1.165, 1.54) is 18.2 Å². The second kappa shape index (κ2) is 2.77. The van der Waals surface area contributed by atoms with Crippen molar-refractivity contribution in [1.29, 1.82) is 0 Å². The summed E-state index contributed by atoms with van der Waals surface area (Å²) < 4.78 is 29.3. The SMILES string of the molecule is O=C1NC(=O)C2(S(=O)(=O)O)C=CC=CC12. The third-order valence-corrected chi connectivity index (χ3v) is 3.95. The maximum Gasteiger partial charge on any atom is 0.284 e. The Kier molecular flexibility index (Phi) is 1.86. The lowest BCUT2D eigenvalue weighted by Gasteiger charge is -2.24. The molecule has 1 aliphatic heterocycles. The summed E-state index contributed by atoms with van der Waals surface area (Å²) in [6.07, 6.45) is 5.05. The van der Waals surface area contributed by atoms with Gasteiger partial charge in [-0.05, 0) is 0 Å². The molecule has 0 bridgehead atoms. The first-order valence-corrected chi connectivity index (χ1v) is 5.52. The monoisotopic (exact) mass is 229 g/mol. The summed E-state index contributed by atoms with van der Waals surface area (Å²) >= 11 is 0. The van der Waals surface area contributed by atoms with Gasteiger partial charge in [0.1, 0.15) is 0 Å². The minimum atomic E-state index is -4.68. The third kappa shape index (κ3) is 1.10. The first-order chi connectivity index (χ1) is 6.89. The standard InChI is InChI=1S/C8H7NO5S/c10-6-5-3-1-2-4-8(5,7(11)9-6)15(12,13)14/h1-5H,(H,9,10,11)(H,12,13,14). The van der Waals surface area contributed by atoms with E-state index in [0.717, 1.165) is 6.08 Å². The highest BCUT2D eigenvalue weighted by atomic mass is 32.2. The van der Waals surface area contributed by atoms with Crippen molar-refractivity contribution in [3.63, 3.8) is 0 Å². The van der Waals surface area contributed by atoms with E-state index in [4.69, 9.17) is 4.55 Å². The molecular formula is C8H7NO5S. The van der Waals surface area contributed by atoms with Crippen molar-refractivity contribution in [3.05, 3.63) is 24.3 Å². The summed E-state index contributed by atoms with van der Waals surface area (Å²) in [5.41, 5.74) is 0. The van der Waals surface area contributed by atoms with Gasteiger partial charge < -0.3 is 0 Å². The van der Waals surface area contributed by atoms with Crippen LogP contribution in [0.1, 0.15) is 0 Å². The molecule has 80 valence electrons. The van der Waals surface area contributed by atoms with Gasteiger partial charge in [0, 0.05) is 0 Å². The Balaban J connectivity index is 2.71. The highest BCUT2D eigenvalue weighted by Gasteiger charge is 2.61. The Labute approximate surface area is 85.4 Å². The molecule has 2 N–H and O–H groups in total. The fourth-order valence-corrected chi connectivity index (χ4v) is 2.81. The number of hydrogen-bond acceptors (Lipinski definition) is 4. The topological polar surface area (TPSA) is 101 Å². The van der Waals surface area contributed by atoms with Gasteiger partial charge in [0.2, 0.25) is 10.7 Å². The molecule has 2 aliphatic rings. The molecule has 15 heavy (non-hydrogen) atoms. The van der Waals surface area contributed by atoms with E-state index in [-0.39, 0.29) is 0 Å². The molecule has 0 radical (unpaired) electrons. The number of hydrogen-bond donors (Lipinski definition) is 2. The number of carbonyl (C=O) groups is 2. The van der Waals surface area contributed by atoms with Crippen molar-refractivity contribution >= 4 is 21.9 Å². The molecule has 1 saturated heterocycles. The molecule has 6 nitrogen and oxygen atoms in total. The molecule has 2 amide bonds. The Morgan fingerprint density at radius 2 is 2.00 bits per heavy atom. The lowest BCUT2D eigenvalue weighted by atomic mass is 9.90. The van der Waals surface area contributed by atoms with Gasteiger partial charge >= 0.3 is 0 Å². The maximum atomic E-state index is 11.4. The van der Waals surface area contributed by atoms with Crippen LogP contribution in [0.4, 0.5) is 0 Å². The number of fused-ring (bicyclic) bond motifs is 1. The Morgan fingerprint density at radius 3 is 2.53 bits per heavy atom. The van der Waals surface area contributed by atoms with Gasteiger partial charge in [-0.2, -0.15) is 8.42 Å². The van der Waals surface area contributed by atoms with Crippen LogP contribution >= 0.6 is 0 Å². The summed E-state index contributed by atoms with van der Waals surface area (Å²) in [7, 11) is -4.68. The van der Waals surface area contributed by atoms with Crippen LogP contribution in [0.3, 0.4) is 0 Å². The molecule has 2 unspecified atom stereocenters. The van der Waals surface area contributed by atoms with Crippen LogP contribution in [0.25, 0.3) is 0 Å². The summed E-state index contributed by atoms with van der Waals surface area (Å²) in [5, 5.41) is 1.89. The second-order valence-corrected chi connectivity index (χ2v) is 4.93. The van der Waals surface area contributed by atoms with E-state index in [1.807, 2.05) is 5.32 Å². The number of amides is 2. The van der Waals surface area contributed by atoms with Gasteiger partial charge in [0.25, 0.3) is 16.0 Å². The van der Waals surface area contributed by atoms with E-state index in [0.29, 0.717) is 0 Å². The fraction of sp³-hybridized carbons (Fsp3) is 0.250. The summed E-state index contributed by atoms with van der Waals surface area (Å²) in [6.45, 7) is 0. The first kappa shape index (κ1) is 10.1. The lowest BCUT2D eigenvalue weighted by Crippen LogP contribution is -2.48. The Hall–Kier alpha value is -1.47. The van der Waals surface area contributed by atoms with Gasteiger partial charge in [-0.3, -0.25) is 19.5 Å². The van der Waals surface area contributed by atoms with Gasteiger partial charge in [-0.15, -0.1) is 0 Å². The van der Waals surface area contributed by atoms with Gasteiger partial charge in [-0.25, -0.2) is 0 Å². The molecule has 1 fully saturated rings. The van der Waals surface area contributed by atoms with Gasteiger partial charge in [-0.1, -0.05) is 24.3 Å². The average molecular weight is 229 g/mol. The van der Waals surface area contributed by atoms with Crippen LogP contribution in [-0.4, -0.2) is 29.5 Å². The quantitative estimate of drug-likeness (QED) is 0.444. The number of allylic oxidation sites excluding steroid dienone is 2. The van der Waals surface area contributed by atoms with Crippen molar-refractivity contribution in [2.24, 2.45) is 5.92 Å². The number of imide groups is 1. The predicted molar refractivity (Wildman–Crippen MR) is 49.2 cm³/mol. The Bertz CT molecular complexity index is 503. The summed E-state index contributed by atoms with van der Waals surface area (Å²) in [5.74, 6) is -2.93. The van der Waals surface area contributed by atoms with Crippen LogP contribution in [-0.2, 0) is 19.7 Å². The van der Waals surface area contributed by atoms with Crippen molar-refractivity contribution < 1.29 is 22.6 Å². The number of nitrogens with one attached hydrogen (secondary N) is 1. The van der Waals surface area contributed by atoms with E-state index in [1.54, 1.807) is 0 Å². The van der Waals surface area contributed by atoms with Crippen LogP contribution in [0.15, 0.2) is 24.3 Å². The molecular weight excluding hydrogens is 222 g/mol. The zero-order valence-corrected chi connectivity index (χ0v) is 8.19. The summed E-state index contributed by atoms with van der Waals surface area (Å²) in [4.78, 5) is 22.7. The highest BCUT2D eigenvalue weighted by molar-refractivity contribution is 7.88. The van der Waals surface area contributed by atoms with E-state index < -0.39 is 32.6 Å². The highest BCUT2D eigenvalue weighted by Crippen LogP contribution is 2.36.